The normalized spacial score (nSPS) is 14.2. The van der Waals surface area contributed by atoms with Crippen molar-refractivity contribution in [3.63, 3.8) is 0 Å². The van der Waals surface area contributed by atoms with E-state index in [9.17, 15) is 0 Å². The summed E-state index contributed by atoms with van der Waals surface area (Å²) >= 11 is 5.02. The van der Waals surface area contributed by atoms with Gasteiger partial charge in [0.15, 0.2) is 4.77 Å². The average Bonchev–Trinajstić information content (AvgIpc) is 2.75. The molecule has 0 fully saturated rings. The van der Waals surface area contributed by atoms with Gasteiger partial charge in [-0.25, -0.2) is 0 Å². The van der Waals surface area contributed by atoms with Crippen molar-refractivity contribution in [2.24, 2.45) is 0 Å². The van der Waals surface area contributed by atoms with Gasteiger partial charge in [-0.05, 0) is 48.8 Å². The van der Waals surface area contributed by atoms with Gasteiger partial charge in [0.2, 0.25) is 0 Å². The molecule has 3 nitrogen and oxygen atoms in total. The molecule has 2 aromatic rings. The number of fused-ring (bicyclic) bond motifs is 1. The summed E-state index contributed by atoms with van der Waals surface area (Å²) in [6, 6.07) is 6.26. The Labute approximate surface area is 98.5 Å². The number of hydrogen-bond acceptors (Lipinski definition) is 2. The first-order valence-electron chi connectivity index (χ1n) is 5.37. The lowest BCUT2D eigenvalue weighted by atomic mass is 10.0. The van der Waals surface area contributed by atoms with Gasteiger partial charge in [-0.15, -0.1) is 0 Å². The predicted octanol–water partition coefficient (Wildman–Crippen LogP) is 3.06. The van der Waals surface area contributed by atoms with E-state index in [4.69, 9.17) is 17.0 Å². The van der Waals surface area contributed by atoms with Crippen LogP contribution in [0.1, 0.15) is 12.0 Å². The topological polar surface area (TPSA) is 40.8 Å². The standard InChI is InChI=1S/C12H12N2OS/c16-12-13-7-10(14-12)8-3-4-11-9(6-8)2-1-5-15-11/h3-4,6-7H,1-2,5H2,(H2,13,14,16). The summed E-state index contributed by atoms with van der Waals surface area (Å²) in [5.41, 5.74) is 3.46. The van der Waals surface area contributed by atoms with Gasteiger partial charge in [0.1, 0.15) is 5.75 Å². The van der Waals surface area contributed by atoms with Crippen LogP contribution in [-0.2, 0) is 6.42 Å². The molecule has 4 heteroatoms. The zero-order valence-corrected chi connectivity index (χ0v) is 9.56. The maximum Gasteiger partial charge on any atom is 0.174 e. The number of hydrogen-bond donors (Lipinski definition) is 2. The van der Waals surface area contributed by atoms with Crippen molar-refractivity contribution in [1.29, 1.82) is 0 Å². The molecule has 0 spiro atoms. The zero-order valence-electron chi connectivity index (χ0n) is 8.75. The first kappa shape index (κ1) is 9.66. The minimum Gasteiger partial charge on any atom is -0.493 e. The Kier molecular flexibility index (Phi) is 2.29. The lowest BCUT2D eigenvalue weighted by Gasteiger charge is -2.17. The van der Waals surface area contributed by atoms with Crippen molar-refractivity contribution in [2.45, 2.75) is 12.8 Å². The molecule has 0 radical (unpaired) electrons. The van der Waals surface area contributed by atoms with Gasteiger partial charge in [0.25, 0.3) is 0 Å². The number of nitrogens with one attached hydrogen (secondary N) is 2. The maximum absolute atomic E-state index is 5.58. The second kappa shape index (κ2) is 3.79. The molecule has 0 bridgehead atoms. The molecular weight excluding hydrogens is 220 g/mol. The van der Waals surface area contributed by atoms with E-state index in [0.29, 0.717) is 4.77 Å². The Morgan fingerprint density at radius 1 is 1.31 bits per heavy atom. The summed E-state index contributed by atoms with van der Waals surface area (Å²) in [6.07, 6.45) is 4.08. The Hall–Kier alpha value is -1.55. The number of imidazole rings is 1. The smallest absolute Gasteiger partial charge is 0.174 e. The fourth-order valence-corrected chi connectivity index (χ4v) is 2.18. The third-order valence-electron chi connectivity index (χ3n) is 2.82. The van der Waals surface area contributed by atoms with E-state index in [1.54, 1.807) is 0 Å². The zero-order chi connectivity index (χ0) is 11.0. The second-order valence-electron chi connectivity index (χ2n) is 3.93. The van der Waals surface area contributed by atoms with Crippen LogP contribution in [0.2, 0.25) is 0 Å². The molecule has 0 saturated heterocycles. The quantitative estimate of drug-likeness (QED) is 0.742. The van der Waals surface area contributed by atoms with E-state index in [1.165, 1.54) is 5.56 Å². The number of aromatic nitrogens is 2. The van der Waals surface area contributed by atoms with E-state index < -0.39 is 0 Å². The summed E-state index contributed by atoms with van der Waals surface area (Å²) in [4.78, 5) is 6.09. The van der Waals surface area contributed by atoms with Gasteiger partial charge in [-0.2, -0.15) is 0 Å². The molecule has 0 atom stereocenters. The third kappa shape index (κ3) is 1.65. The fourth-order valence-electron chi connectivity index (χ4n) is 2.02. The van der Waals surface area contributed by atoms with Crippen LogP contribution in [-0.4, -0.2) is 16.6 Å². The highest BCUT2D eigenvalue weighted by atomic mass is 32.1. The Morgan fingerprint density at radius 2 is 2.25 bits per heavy atom. The largest absolute Gasteiger partial charge is 0.493 e. The van der Waals surface area contributed by atoms with Crippen molar-refractivity contribution < 1.29 is 4.74 Å². The number of ether oxygens (including phenoxy) is 1. The fraction of sp³-hybridized carbons (Fsp3) is 0.250. The van der Waals surface area contributed by atoms with E-state index in [1.807, 2.05) is 12.3 Å². The Balaban J connectivity index is 2.06. The number of rotatable bonds is 1. The molecule has 1 aromatic carbocycles. The highest BCUT2D eigenvalue weighted by Crippen LogP contribution is 2.29. The van der Waals surface area contributed by atoms with Crippen molar-refractivity contribution in [3.05, 3.63) is 34.7 Å². The minimum absolute atomic E-state index is 0.656. The van der Waals surface area contributed by atoms with Gasteiger partial charge in [-0.1, -0.05) is 0 Å². The first-order chi connectivity index (χ1) is 7.83. The first-order valence-corrected chi connectivity index (χ1v) is 5.77. The monoisotopic (exact) mass is 232 g/mol. The SMILES string of the molecule is S=c1[nH]cc(-c2ccc3c(c2)CCCO3)[nH]1. The van der Waals surface area contributed by atoms with E-state index in [0.717, 1.165) is 36.5 Å². The second-order valence-corrected chi connectivity index (χ2v) is 4.34. The molecule has 1 aromatic heterocycles. The van der Waals surface area contributed by atoms with Crippen LogP contribution >= 0.6 is 12.2 Å². The van der Waals surface area contributed by atoms with Gasteiger partial charge in [0.05, 0.1) is 12.3 Å². The van der Waals surface area contributed by atoms with Crippen LogP contribution in [0.4, 0.5) is 0 Å². The summed E-state index contributed by atoms with van der Waals surface area (Å²) in [6.45, 7) is 0.832. The molecule has 2 heterocycles. The van der Waals surface area contributed by atoms with Gasteiger partial charge >= 0.3 is 0 Å². The molecule has 16 heavy (non-hydrogen) atoms. The van der Waals surface area contributed by atoms with Crippen LogP contribution in [0, 0.1) is 4.77 Å². The van der Waals surface area contributed by atoms with Gasteiger partial charge in [-0.3, -0.25) is 0 Å². The van der Waals surface area contributed by atoms with Crippen LogP contribution in [0.5, 0.6) is 5.75 Å². The Morgan fingerprint density at radius 3 is 3.06 bits per heavy atom. The average molecular weight is 232 g/mol. The Bertz CT molecular complexity index is 570. The van der Waals surface area contributed by atoms with Crippen LogP contribution in [0.3, 0.4) is 0 Å². The highest BCUT2D eigenvalue weighted by molar-refractivity contribution is 7.71. The van der Waals surface area contributed by atoms with Crippen molar-refractivity contribution >= 4 is 12.2 Å². The molecular formula is C12H12N2OS. The van der Waals surface area contributed by atoms with Gasteiger partial charge in [0, 0.05) is 11.8 Å². The van der Waals surface area contributed by atoms with Crippen LogP contribution < -0.4 is 4.74 Å². The molecule has 0 aliphatic carbocycles. The predicted molar refractivity (Wildman–Crippen MR) is 65.2 cm³/mol. The van der Waals surface area contributed by atoms with Crippen LogP contribution in [0.15, 0.2) is 24.4 Å². The lowest BCUT2D eigenvalue weighted by molar-refractivity contribution is 0.288. The van der Waals surface area contributed by atoms with Crippen molar-refractivity contribution in [3.8, 4) is 17.0 Å². The summed E-state index contributed by atoms with van der Waals surface area (Å²) in [5, 5.41) is 0. The third-order valence-corrected chi connectivity index (χ3v) is 3.04. The molecule has 3 rings (SSSR count). The molecule has 0 amide bonds. The summed E-state index contributed by atoms with van der Waals surface area (Å²) < 4.78 is 6.24. The summed E-state index contributed by atoms with van der Waals surface area (Å²) in [7, 11) is 0. The van der Waals surface area contributed by atoms with Gasteiger partial charge < -0.3 is 14.7 Å². The van der Waals surface area contributed by atoms with Crippen LogP contribution in [0.25, 0.3) is 11.3 Å². The van der Waals surface area contributed by atoms with Crippen molar-refractivity contribution in [2.75, 3.05) is 6.61 Å². The number of aromatic amines is 2. The summed E-state index contributed by atoms with van der Waals surface area (Å²) in [5.74, 6) is 1.02. The van der Waals surface area contributed by atoms with E-state index in [-0.39, 0.29) is 0 Å². The van der Waals surface area contributed by atoms with Crippen molar-refractivity contribution in [1.82, 2.24) is 9.97 Å². The maximum atomic E-state index is 5.58. The molecule has 2 N–H and O–H groups in total. The number of benzene rings is 1. The minimum atomic E-state index is 0.656. The molecule has 82 valence electrons. The lowest BCUT2D eigenvalue weighted by Crippen LogP contribution is -2.07. The molecule has 1 aliphatic rings. The van der Waals surface area contributed by atoms with E-state index >= 15 is 0 Å². The molecule has 0 unspecified atom stereocenters. The molecule has 0 saturated carbocycles. The highest BCUT2D eigenvalue weighted by Gasteiger charge is 2.11. The number of aryl methyl sites for hydroxylation is 1. The molecule has 1 aliphatic heterocycles. The number of H-pyrrole nitrogens is 2. The van der Waals surface area contributed by atoms with E-state index in [2.05, 4.69) is 22.1 Å².